The number of thioether (sulfide) groups is 1. The van der Waals surface area contributed by atoms with Gasteiger partial charge in [-0.15, -0.1) is 0 Å². The molecule has 0 heterocycles. The Morgan fingerprint density at radius 2 is 1.89 bits per heavy atom. The Bertz CT molecular complexity index is 380. The van der Waals surface area contributed by atoms with Gasteiger partial charge in [-0.05, 0) is 37.4 Å². The summed E-state index contributed by atoms with van der Waals surface area (Å²) < 4.78 is 12.7. The van der Waals surface area contributed by atoms with Gasteiger partial charge in [0, 0.05) is 18.0 Å². The van der Waals surface area contributed by atoms with Crippen LogP contribution in [0.5, 0.6) is 0 Å². The van der Waals surface area contributed by atoms with Gasteiger partial charge in [0.1, 0.15) is 5.82 Å². The molecule has 1 amide bonds. The van der Waals surface area contributed by atoms with Crippen LogP contribution in [0.3, 0.4) is 0 Å². The van der Waals surface area contributed by atoms with E-state index in [0.29, 0.717) is 11.4 Å². The maximum atomic E-state index is 12.7. The molecule has 1 rings (SSSR count). The Labute approximate surface area is 118 Å². The third kappa shape index (κ3) is 6.59. The van der Waals surface area contributed by atoms with Crippen molar-refractivity contribution in [2.45, 2.75) is 13.8 Å². The lowest BCUT2D eigenvalue weighted by atomic mass is 10.3. The fourth-order valence-corrected chi connectivity index (χ4v) is 2.42. The van der Waals surface area contributed by atoms with Crippen molar-refractivity contribution >= 4 is 23.4 Å². The molecule has 1 aromatic rings. The zero-order valence-electron chi connectivity index (χ0n) is 11.5. The molecule has 1 N–H and O–H groups in total. The van der Waals surface area contributed by atoms with Crippen LogP contribution >= 0.6 is 11.8 Å². The van der Waals surface area contributed by atoms with Gasteiger partial charge in [0.25, 0.3) is 0 Å². The molecule has 0 aromatic heterocycles. The summed E-state index contributed by atoms with van der Waals surface area (Å²) in [6, 6.07) is 5.80. The second kappa shape index (κ2) is 8.93. The van der Waals surface area contributed by atoms with Gasteiger partial charge in [0.15, 0.2) is 0 Å². The first-order chi connectivity index (χ1) is 9.15. The maximum absolute atomic E-state index is 12.7. The van der Waals surface area contributed by atoms with E-state index in [1.54, 1.807) is 23.9 Å². The number of hydrogen-bond donors (Lipinski definition) is 1. The van der Waals surface area contributed by atoms with E-state index in [9.17, 15) is 9.18 Å². The summed E-state index contributed by atoms with van der Waals surface area (Å²) in [6.07, 6.45) is 0. The number of anilines is 1. The normalized spacial score (nSPS) is 10.7. The molecule has 0 aliphatic rings. The number of rotatable bonds is 8. The second-order valence-corrected chi connectivity index (χ2v) is 5.24. The van der Waals surface area contributed by atoms with Crippen molar-refractivity contribution in [3.63, 3.8) is 0 Å². The quantitative estimate of drug-likeness (QED) is 0.745. The Kier molecular flexibility index (Phi) is 7.52. The lowest BCUT2D eigenvalue weighted by Crippen LogP contribution is -2.26. The first kappa shape index (κ1) is 16.0. The minimum Gasteiger partial charge on any atom is -0.325 e. The first-order valence-corrected chi connectivity index (χ1v) is 7.66. The minimum atomic E-state index is -0.299. The standard InChI is InChI=1S/C14H21FN2OS/c1-3-17(4-2)9-10-19-11-14(18)16-13-7-5-12(15)6-8-13/h5-8H,3-4,9-11H2,1-2H3,(H,16,18). The Morgan fingerprint density at radius 3 is 2.47 bits per heavy atom. The second-order valence-electron chi connectivity index (χ2n) is 4.13. The molecule has 0 bridgehead atoms. The molecule has 0 atom stereocenters. The van der Waals surface area contributed by atoms with Crippen LogP contribution in [0.4, 0.5) is 10.1 Å². The van der Waals surface area contributed by atoms with E-state index >= 15 is 0 Å². The van der Waals surface area contributed by atoms with Gasteiger partial charge >= 0.3 is 0 Å². The lowest BCUT2D eigenvalue weighted by molar-refractivity contribution is -0.113. The monoisotopic (exact) mass is 284 g/mol. The van der Waals surface area contributed by atoms with Crippen LogP contribution < -0.4 is 5.32 Å². The van der Waals surface area contributed by atoms with Crippen LogP contribution in [0.2, 0.25) is 0 Å². The molecule has 5 heteroatoms. The molecule has 106 valence electrons. The summed E-state index contributed by atoms with van der Waals surface area (Å²) in [5.41, 5.74) is 0.635. The predicted molar refractivity (Wildman–Crippen MR) is 80.1 cm³/mol. The summed E-state index contributed by atoms with van der Waals surface area (Å²) in [5.74, 6) is 1.03. The van der Waals surface area contributed by atoms with Crippen molar-refractivity contribution < 1.29 is 9.18 Å². The SMILES string of the molecule is CCN(CC)CCSCC(=O)Nc1ccc(F)cc1. The topological polar surface area (TPSA) is 32.3 Å². The summed E-state index contributed by atoms with van der Waals surface area (Å²) in [7, 11) is 0. The summed E-state index contributed by atoms with van der Waals surface area (Å²) in [4.78, 5) is 14.0. The number of carbonyl (C=O) groups excluding carboxylic acids is 1. The maximum Gasteiger partial charge on any atom is 0.234 e. The number of nitrogens with zero attached hydrogens (tertiary/aromatic N) is 1. The molecular formula is C14H21FN2OS. The highest BCUT2D eigenvalue weighted by atomic mass is 32.2. The average molecular weight is 284 g/mol. The molecule has 1 aromatic carbocycles. The van der Waals surface area contributed by atoms with Gasteiger partial charge in [-0.1, -0.05) is 13.8 Å². The van der Waals surface area contributed by atoms with Gasteiger partial charge in [0.2, 0.25) is 5.91 Å². The molecular weight excluding hydrogens is 263 g/mol. The zero-order valence-corrected chi connectivity index (χ0v) is 12.3. The van der Waals surface area contributed by atoms with E-state index in [1.165, 1.54) is 12.1 Å². The number of halogens is 1. The molecule has 0 spiro atoms. The van der Waals surface area contributed by atoms with E-state index in [1.807, 2.05) is 0 Å². The highest BCUT2D eigenvalue weighted by molar-refractivity contribution is 7.99. The zero-order chi connectivity index (χ0) is 14.1. The number of carbonyl (C=O) groups is 1. The fraction of sp³-hybridized carbons (Fsp3) is 0.500. The van der Waals surface area contributed by atoms with E-state index in [2.05, 4.69) is 24.1 Å². The van der Waals surface area contributed by atoms with Crippen LogP contribution in [0.1, 0.15) is 13.8 Å². The van der Waals surface area contributed by atoms with Crippen molar-refractivity contribution in [2.75, 3.05) is 36.5 Å². The summed E-state index contributed by atoms with van der Waals surface area (Å²) in [6.45, 7) is 7.35. The van der Waals surface area contributed by atoms with Gasteiger partial charge in [0.05, 0.1) is 5.75 Å². The Balaban J connectivity index is 2.19. The first-order valence-electron chi connectivity index (χ1n) is 6.51. The van der Waals surface area contributed by atoms with Crippen molar-refractivity contribution in [1.29, 1.82) is 0 Å². The van der Waals surface area contributed by atoms with E-state index in [4.69, 9.17) is 0 Å². The molecule has 0 aliphatic carbocycles. The molecule has 0 unspecified atom stereocenters. The number of benzene rings is 1. The highest BCUT2D eigenvalue weighted by Gasteiger charge is 2.04. The fourth-order valence-electron chi connectivity index (χ4n) is 1.63. The smallest absolute Gasteiger partial charge is 0.234 e. The van der Waals surface area contributed by atoms with Crippen LogP contribution in [0.25, 0.3) is 0 Å². The van der Waals surface area contributed by atoms with Crippen molar-refractivity contribution in [3.8, 4) is 0 Å². The molecule has 3 nitrogen and oxygen atoms in total. The number of hydrogen-bond acceptors (Lipinski definition) is 3. The van der Waals surface area contributed by atoms with Gasteiger partial charge in [-0.2, -0.15) is 11.8 Å². The van der Waals surface area contributed by atoms with Crippen LogP contribution in [0, 0.1) is 5.82 Å². The third-order valence-electron chi connectivity index (χ3n) is 2.81. The summed E-state index contributed by atoms with van der Waals surface area (Å²) >= 11 is 1.62. The van der Waals surface area contributed by atoms with Crippen LogP contribution in [-0.4, -0.2) is 41.9 Å². The highest BCUT2D eigenvalue weighted by Crippen LogP contribution is 2.09. The van der Waals surface area contributed by atoms with Gasteiger partial charge < -0.3 is 10.2 Å². The molecule has 19 heavy (non-hydrogen) atoms. The number of amides is 1. The molecule has 0 saturated heterocycles. The van der Waals surface area contributed by atoms with Crippen LogP contribution in [0.15, 0.2) is 24.3 Å². The average Bonchev–Trinajstić information content (AvgIpc) is 2.42. The summed E-state index contributed by atoms with van der Waals surface area (Å²) in [5, 5.41) is 2.75. The minimum absolute atomic E-state index is 0.0452. The molecule has 0 saturated carbocycles. The third-order valence-corrected chi connectivity index (χ3v) is 3.74. The van der Waals surface area contributed by atoms with Crippen molar-refractivity contribution in [1.82, 2.24) is 4.90 Å². The van der Waals surface area contributed by atoms with Crippen molar-refractivity contribution in [2.24, 2.45) is 0 Å². The lowest BCUT2D eigenvalue weighted by Gasteiger charge is -2.17. The largest absolute Gasteiger partial charge is 0.325 e. The predicted octanol–water partition coefficient (Wildman–Crippen LogP) is 2.84. The molecule has 0 radical (unpaired) electrons. The Hall–Kier alpha value is -1.07. The van der Waals surface area contributed by atoms with Crippen LogP contribution in [-0.2, 0) is 4.79 Å². The van der Waals surface area contributed by atoms with E-state index in [-0.39, 0.29) is 11.7 Å². The van der Waals surface area contributed by atoms with E-state index in [0.717, 1.165) is 25.4 Å². The number of nitrogens with one attached hydrogen (secondary N) is 1. The Morgan fingerprint density at radius 1 is 1.26 bits per heavy atom. The molecule has 0 aliphatic heterocycles. The van der Waals surface area contributed by atoms with Gasteiger partial charge in [-0.3, -0.25) is 4.79 Å². The van der Waals surface area contributed by atoms with Gasteiger partial charge in [-0.25, -0.2) is 4.39 Å². The van der Waals surface area contributed by atoms with E-state index < -0.39 is 0 Å². The van der Waals surface area contributed by atoms with Crippen molar-refractivity contribution in [3.05, 3.63) is 30.1 Å². The molecule has 0 fully saturated rings.